The number of aliphatic hydroxyl groups excluding tert-OH is 2. The molecule has 29 heavy (non-hydrogen) atoms. The molecule has 0 aliphatic heterocycles. The number of carboxylic acid groups (broad SMARTS) is 1. The Hall–Kier alpha value is -1.54. The predicted octanol–water partition coefficient (Wildman–Crippen LogP) is -2.70. The Labute approximate surface area is 179 Å². The van der Waals surface area contributed by atoms with Crippen molar-refractivity contribution >= 4 is 48.1 Å². The minimum Gasteiger partial charge on any atom is -0.480 e. The zero-order chi connectivity index (χ0) is 22.7. The minimum absolute atomic E-state index is 0.145. The van der Waals surface area contributed by atoms with Crippen LogP contribution in [0.1, 0.15) is 20.3 Å². The first kappa shape index (κ1) is 27.5. The number of nitrogens with two attached hydrogens (primary N) is 1. The highest BCUT2D eigenvalue weighted by atomic mass is 32.2. The van der Waals surface area contributed by atoms with Gasteiger partial charge in [-0.15, -0.1) is 0 Å². The Morgan fingerprint density at radius 2 is 1.52 bits per heavy atom. The van der Waals surface area contributed by atoms with Crippen molar-refractivity contribution in [2.45, 2.75) is 56.6 Å². The maximum absolute atomic E-state index is 12.6. The number of hydrogen-bond acceptors (Lipinski definition) is 9. The van der Waals surface area contributed by atoms with Gasteiger partial charge in [0.15, 0.2) is 0 Å². The SMILES string of the molecule is CSCCC(NC(=O)C(NC(=O)C(N)C(C)O)C(C)O)C(=O)NC(CS)C(=O)O. The fourth-order valence-corrected chi connectivity index (χ4v) is 2.82. The molecule has 6 atom stereocenters. The minimum atomic E-state index is -1.43. The van der Waals surface area contributed by atoms with Crippen LogP contribution < -0.4 is 21.7 Å². The van der Waals surface area contributed by atoms with E-state index in [9.17, 15) is 29.4 Å². The van der Waals surface area contributed by atoms with Crippen molar-refractivity contribution < 1.29 is 34.5 Å². The molecule has 3 amide bonds. The van der Waals surface area contributed by atoms with Gasteiger partial charge in [-0.2, -0.15) is 24.4 Å². The number of rotatable bonds is 13. The van der Waals surface area contributed by atoms with Gasteiger partial charge in [0.2, 0.25) is 17.7 Å². The first-order chi connectivity index (χ1) is 13.5. The molecule has 0 aliphatic carbocycles. The number of aliphatic hydroxyl groups is 2. The smallest absolute Gasteiger partial charge is 0.327 e. The van der Waals surface area contributed by atoms with Crippen LogP contribution in [-0.2, 0) is 19.2 Å². The van der Waals surface area contributed by atoms with Gasteiger partial charge in [-0.3, -0.25) is 14.4 Å². The van der Waals surface area contributed by atoms with Crippen LogP contribution in [0.25, 0.3) is 0 Å². The molecule has 13 heteroatoms. The highest BCUT2D eigenvalue weighted by Gasteiger charge is 2.32. The number of carbonyl (C=O) groups excluding carboxylic acids is 3. The van der Waals surface area contributed by atoms with E-state index in [0.29, 0.717) is 5.75 Å². The third-order valence-corrected chi connectivity index (χ3v) is 4.93. The van der Waals surface area contributed by atoms with Crippen LogP contribution in [0.2, 0.25) is 0 Å². The first-order valence-corrected chi connectivity index (χ1v) is 10.8. The summed E-state index contributed by atoms with van der Waals surface area (Å²) in [5.74, 6) is -3.38. The van der Waals surface area contributed by atoms with Crippen LogP contribution in [0, 0.1) is 0 Å². The van der Waals surface area contributed by atoms with E-state index in [1.807, 2.05) is 0 Å². The van der Waals surface area contributed by atoms with Gasteiger partial charge in [0, 0.05) is 5.75 Å². The summed E-state index contributed by atoms with van der Waals surface area (Å²) < 4.78 is 0. The van der Waals surface area contributed by atoms with Crippen molar-refractivity contribution in [3.8, 4) is 0 Å². The predicted molar refractivity (Wildman–Crippen MR) is 112 cm³/mol. The second-order valence-corrected chi connectivity index (χ2v) is 7.77. The molecule has 0 aliphatic rings. The Kier molecular flexibility index (Phi) is 12.9. The van der Waals surface area contributed by atoms with E-state index in [2.05, 4.69) is 28.6 Å². The molecule has 0 heterocycles. The Bertz CT molecular complexity index is 577. The quantitative estimate of drug-likeness (QED) is 0.137. The molecule has 6 unspecified atom stereocenters. The van der Waals surface area contributed by atoms with E-state index < -0.39 is 60.1 Å². The number of thioether (sulfide) groups is 1. The third-order valence-electron chi connectivity index (χ3n) is 3.93. The van der Waals surface area contributed by atoms with Crippen LogP contribution in [-0.4, -0.2) is 93.1 Å². The molecule has 11 nitrogen and oxygen atoms in total. The van der Waals surface area contributed by atoms with E-state index in [4.69, 9.17) is 10.8 Å². The summed E-state index contributed by atoms with van der Waals surface area (Å²) in [5.41, 5.74) is 5.52. The van der Waals surface area contributed by atoms with E-state index in [1.165, 1.54) is 25.6 Å². The van der Waals surface area contributed by atoms with E-state index in [0.717, 1.165) is 0 Å². The van der Waals surface area contributed by atoms with Crippen molar-refractivity contribution in [2.24, 2.45) is 5.73 Å². The van der Waals surface area contributed by atoms with Crippen molar-refractivity contribution in [3.63, 3.8) is 0 Å². The van der Waals surface area contributed by atoms with Gasteiger partial charge < -0.3 is 37.0 Å². The average Bonchev–Trinajstić information content (AvgIpc) is 2.65. The third kappa shape index (κ3) is 9.67. The molecule has 0 bridgehead atoms. The molecule has 168 valence electrons. The van der Waals surface area contributed by atoms with Crippen molar-refractivity contribution in [2.75, 3.05) is 17.8 Å². The Morgan fingerprint density at radius 1 is 0.966 bits per heavy atom. The van der Waals surface area contributed by atoms with Crippen molar-refractivity contribution in [3.05, 3.63) is 0 Å². The molecule has 0 aromatic carbocycles. The van der Waals surface area contributed by atoms with Gasteiger partial charge >= 0.3 is 5.97 Å². The number of amides is 3. The van der Waals surface area contributed by atoms with Gasteiger partial charge in [-0.05, 0) is 32.3 Å². The fraction of sp³-hybridized carbons (Fsp3) is 0.750. The summed E-state index contributed by atoms with van der Waals surface area (Å²) in [6.45, 7) is 2.56. The molecule has 0 aromatic rings. The van der Waals surface area contributed by atoms with Crippen LogP contribution in [0.4, 0.5) is 0 Å². The van der Waals surface area contributed by atoms with E-state index in [1.54, 1.807) is 6.26 Å². The maximum Gasteiger partial charge on any atom is 0.327 e. The fourth-order valence-electron chi connectivity index (χ4n) is 2.10. The van der Waals surface area contributed by atoms with E-state index >= 15 is 0 Å². The summed E-state index contributed by atoms with van der Waals surface area (Å²) >= 11 is 5.28. The second kappa shape index (κ2) is 13.6. The van der Waals surface area contributed by atoms with Crippen molar-refractivity contribution in [1.82, 2.24) is 16.0 Å². The largest absolute Gasteiger partial charge is 0.480 e. The lowest BCUT2D eigenvalue weighted by molar-refractivity contribution is -0.141. The topological polar surface area (TPSA) is 191 Å². The normalized spacial score (nSPS) is 17.2. The van der Waals surface area contributed by atoms with Crippen molar-refractivity contribution in [1.29, 1.82) is 0 Å². The summed E-state index contributed by atoms with van der Waals surface area (Å²) in [4.78, 5) is 48.1. The lowest BCUT2D eigenvalue weighted by Crippen LogP contribution is -2.60. The number of hydrogen-bond donors (Lipinski definition) is 8. The molecule has 0 fully saturated rings. The standard InChI is InChI=1S/C16H30N4O7S2/c1-7(21)11(17)14(24)20-12(8(2)22)15(25)18-9(4-5-29-3)13(23)19-10(6-28)16(26)27/h7-12,21-22,28H,4-6,17H2,1-3H3,(H,18,25)(H,19,23)(H,20,24)(H,26,27). The molecule has 0 aromatic heterocycles. The zero-order valence-electron chi connectivity index (χ0n) is 16.5. The lowest BCUT2D eigenvalue weighted by Gasteiger charge is -2.26. The molecule has 0 spiro atoms. The number of carbonyl (C=O) groups is 4. The highest BCUT2D eigenvalue weighted by Crippen LogP contribution is 2.04. The summed E-state index contributed by atoms with van der Waals surface area (Å²) in [6, 6.07) is -5.08. The van der Waals surface area contributed by atoms with Crippen LogP contribution in [0.5, 0.6) is 0 Å². The van der Waals surface area contributed by atoms with Gasteiger partial charge in [0.25, 0.3) is 0 Å². The second-order valence-electron chi connectivity index (χ2n) is 6.42. The maximum atomic E-state index is 12.6. The molecular formula is C16H30N4O7S2. The highest BCUT2D eigenvalue weighted by molar-refractivity contribution is 7.98. The van der Waals surface area contributed by atoms with Gasteiger partial charge in [-0.25, -0.2) is 4.79 Å². The number of carboxylic acids is 1. The van der Waals surface area contributed by atoms with Crippen LogP contribution >= 0.6 is 24.4 Å². The molecule has 0 saturated heterocycles. The number of thiol groups is 1. The van der Waals surface area contributed by atoms with Gasteiger partial charge in [0.05, 0.1) is 12.2 Å². The summed E-state index contributed by atoms with van der Waals surface area (Å²) in [6.07, 6.45) is -0.526. The monoisotopic (exact) mass is 454 g/mol. The van der Waals surface area contributed by atoms with E-state index in [-0.39, 0.29) is 12.2 Å². The molecule has 0 rings (SSSR count). The molecule has 0 radical (unpaired) electrons. The first-order valence-electron chi connectivity index (χ1n) is 8.81. The average molecular weight is 455 g/mol. The summed E-state index contributed by atoms with van der Waals surface area (Å²) in [5, 5.41) is 35.2. The van der Waals surface area contributed by atoms with Crippen LogP contribution in [0.3, 0.4) is 0 Å². The zero-order valence-corrected chi connectivity index (χ0v) is 18.2. The number of aliphatic carboxylic acids is 1. The Morgan fingerprint density at radius 3 is 1.93 bits per heavy atom. The van der Waals surface area contributed by atoms with Gasteiger partial charge in [0.1, 0.15) is 24.2 Å². The summed E-state index contributed by atoms with van der Waals surface area (Å²) in [7, 11) is 0. The number of nitrogens with one attached hydrogen (secondary N) is 3. The molecule has 0 saturated carbocycles. The van der Waals surface area contributed by atoms with Gasteiger partial charge in [-0.1, -0.05) is 0 Å². The Balaban J connectivity index is 5.30. The lowest BCUT2D eigenvalue weighted by atomic mass is 10.1. The molecular weight excluding hydrogens is 424 g/mol. The molecule has 8 N–H and O–H groups in total. The van der Waals surface area contributed by atoms with Crippen LogP contribution in [0.15, 0.2) is 0 Å².